The van der Waals surface area contributed by atoms with E-state index in [1.807, 2.05) is 36.7 Å². The molecule has 35 heavy (non-hydrogen) atoms. The van der Waals surface area contributed by atoms with Crippen LogP contribution < -0.4 is 14.9 Å². The first-order valence-corrected chi connectivity index (χ1v) is 14.1. The fraction of sp³-hybridized carbons (Fsp3) is 0.600. The molecule has 1 aromatic heterocycles. The maximum Gasteiger partial charge on any atom is 0.407 e. The minimum atomic E-state index is -3.27. The van der Waals surface area contributed by atoms with Crippen molar-refractivity contribution in [3.8, 4) is 0 Å². The highest BCUT2D eigenvalue weighted by Gasteiger charge is 2.32. The number of nitrogens with zero attached hydrogens (tertiary/aromatic N) is 3. The predicted octanol–water partition coefficient (Wildman–Crippen LogP) is 4.47. The van der Waals surface area contributed by atoms with Gasteiger partial charge in [0.15, 0.2) is 0 Å². The van der Waals surface area contributed by atoms with Crippen LogP contribution in [0.15, 0.2) is 24.3 Å². The number of hydrogen-bond acceptors (Lipinski definition) is 6. The van der Waals surface area contributed by atoms with Gasteiger partial charge in [0.05, 0.1) is 23.2 Å². The summed E-state index contributed by atoms with van der Waals surface area (Å²) >= 11 is 0. The Morgan fingerprint density at radius 2 is 1.94 bits per heavy atom. The van der Waals surface area contributed by atoms with Gasteiger partial charge in [-0.25, -0.2) is 17.9 Å². The maximum atomic E-state index is 12.1. The number of benzene rings is 1. The van der Waals surface area contributed by atoms with E-state index in [9.17, 15) is 13.2 Å². The van der Waals surface area contributed by atoms with Crippen LogP contribution in [0.3, 0.4) is 0 Å². The Hall–Kier alpha value is -2.75. The van der Waals surface area contributed by atoms with Crippen molar-refractivity contribution in [3.63, 3.8) is 0 Å². The molecule has 2 aromatic rings. The summed E-state index contributed by atoms with van der Waals surface area (Å²) in [4.78, 5) is 12.0. The van der Waals surface area contributed by atoms with Gasteiger partial charge in [-0.05, 0) is 84.1 Å². The van der Waals surface area contributed by atoms with Gasteiger partial charge in [0, 0.05) is 30.3 Å². The largest absolute Gasteiger partial charge is 0.446 e. The fourth-order valence-corrected chi connectivity index (χ4v) is 5.84. The Labute approximate surface area is 208 Å². The molecule has 0 radical (unpaired) electrons. The highest BCUT2D eigenvalue weighted by Crippen LogP contribution is 2.38. The molecule has 2 N–H and O–H groups in total. The summed E-state index contributed by atoms with van der Waals surface area (Å²) in [6.07, 6.45) is 3.96. The van der Waals surface area contributed by atoms with Gasteiger partial charge in [-0.1, -0.05) is 0 Å². The zero-order valence-corrected chi connectivity index (χ0v) is 22.3. The van der Waals surface area contributed by atoms with Gasteiger partial charge >= 0.3 is 6.09 Å². The third kappa shape index (κ3) is 5.74. The second-order valence-corrected chi connectivity index (χ2v) is 12.8. The van der Waals surface area contributed by atoms with Crippen molar-refractivity contribution in [1.82, 2.24) is 15.1 Å². The molecule has 1 aromatic carbocycles. The lowest BCUT2D eigenvalue weighted by atomic mass is 10.0. The molecule has 0 bridgehead atoms. The number of fused-ring (bicyclic) bond motifs is 1. The lowest BCUT2D eigenvalue weighted by Crippen LogP contribution is -2.33. The number of carbonyl (C=O) groups excluding carboxylic acids is 1. The molecule has 4 rings (SSSR count). The molecule has 2 heterocycles. The molecule has 2 atom stereocenters. The number of carbonyl (C=O) groups is 1. The van der Waals surface area contributed by atoms with Crippen molar-refractivity contribution >= 4 is 33.3 Å². The number of ether oxygens (including phenoxy) is 1. The Morgan fingerprint density at radius 3 is 2.60 bits per heavy atom. The number of anilines is 3. The summed E-state index contributed by atoms with van der Waals surface area (Å²) in [6, 6.07) is 7.93. The molecule has 1 fully saturated rings. The average Bonchev–Trinajstić information content (AvgIpc) is 3.43. The summed E-state index contributed by atoms with van der Waals surface area (Å²) in [5, 5.41) is 11.2. The van der Waals surface area contributed by atoms with Gasteiger partial charge in [-0.15, -0.1) is 0 Å². The Bertz CT molecular complexity index is 1200. The van der Waals surface area contributed by atoms with E-state index < -0.39 is 10.0 Å². The number of aromatic nitrogens is 2. The minimum Gasteiger partial charge on any atom is -0.446 e. The zero-order chi connectivity index (χ0) is 25.5. The van der Waals surface area contributed by atoms with Crippen LogP contribution in [-0.2, 0) is 26.7 Å². The average molecular weight is 504 g/mol. The molecular weight excluding hydrogens is 466 g/mol. The van der Waals surface area contributed by atoms with E-state index >= 15 is 0 Å². The van der Waals surface area contributed by atoms with E-state index in [1.165, 1.54) is 10.6 Å². The molecule has 1 aliphatic carbocycles. The standard InChI is InChI=1S/C25H37N5O4S/c1-16(2)26-24(31)34-20-9-7-17(14-20)21-15-23(30(28-21)25(3,4)5)27-19-8-10-22-18(13-19)11-12-29(22)35(6,32)33/h8,10,13,15-17,20,27H,7,9,11-12,14H2,1-6H3,(H,26,31)/t17-,20+/m0/s1. The third-order valence-electron chi connectivity index (χ3n) is 6.45. The predicted molar refractivity (Wildman–Crippen MR) is 138 cm³/mol. The van der Waals surface area contributed by atoms with E-state index in [0.717, 1.165) is 47.7 Å². The van der Waals surface area contributed by atoms with Crippen molar-refractivity contribution in [2.24, 2.45) is 0 Å². The van der Waals surface area contributed by atoms with Crippen LogP contribution in [0.5, 0.6) is 0 Å². The summed E-state index contributed by atoms with van der Waals surface area (Å²) in [6.45, 7) is 10.6. The van der Waals surface area contributed by atoms with Crippen molar-refractivity contribution < 1.29 is 17.9 Å². The number of alkyl carbamates (subject to hydrolysis) is 1. The topological polar surface area (TPSA) is 106 Å². The quantitative estimate of drug-likeness (QED) is 0.602. The van der Waals surface area contributed by atoms with Gasteiger partial charge < -0.3 is 15.4 Å². The van der Waals surface area contributed by atoms with Crippen LogP contribution in [0.25, 0.3) is 0 Å². The van der Waals surface area contributed by atoms with Crippen LogP contribution in [0.1, 0.15) is 71.1 Å². The van der Waals surface area contributed by atoms with Gasteiger partial charge in [-0.3, -0.25) is 4.31 Å². The summed E-state index contributed by atoms with van der Waals surface area (Å²) < 4.78 is 33.2. The highest BCUT2D eigenvalue weighted by atomic mass is 32.2. The summed E-state index contributed by atoms with van der Waals surface area (Å²) in [5.41, 5.74) is 3.41. The van der Waals surface area contributed by atoms with Crippen LogP contribution in [0.2, 0.25) is 0 Å². The van der Waals surface area contributed by atoms with Crippen molar-refractivity contribution in [3.05, 3.63) is 35.5 Å². The molecular formula is C25H37N5O4S. The molecule has 2 aliphatic rings. The number of hydrogen-bond donors (Lipinski definition) is 2. The molecule has 0 unspecified atom stereocenters. The Balaban J connectivity index is 1.52. The molecule has 0 spiro atoms. The summed E-state index contributed by atoms with van der Waals surface area (Å²) in [7, 11) is -3.27. The smallest absolute Gasteiger partial charge is 0.407 e. The molecule has 1 aliphatic heterocycles. The van der Waals surface area contributed by atoms with Crippen molar-refractivity contribution in [1.29, 1.82) is 0 Å². The van der Waals surface area contributed by atoms with E-state index in [-0.39, 0.29) is 29.7 Å². The van der Waals surface area contributed by atoms with Crippen molar-refractivity contribution in [2.45, 2.75) is 83.9 Å². The van der Waals surface area contributed by atoms with Gasteiger partial charge in [-0.2, -0.15) is 5.10 Å². The van der Waals surface area contributed by atoms with Crippen LogP contribution in [0.4, 0.5) is 22.0 Å². The monoisotopic (exact) mass is 503 g/mol. The number of amides is 1. The molecule has 1 saturated carbocycles. The van der Waals surface area contributed by atoms with E-state index in [0.29, 0.717) is 13.0 Å². The third-order valence-corrected chi connectivity index (χ3v) is 7.63. The molecule has 192 valence electrons. The van der Waals surface area contributed by atoms with E-state index in [1.54, 1.807) is 0 Å². The van der Waals surface area contributed by atoms with Crippen LogP contribution in [-0.4, -0.2) is 49.2 Å². The van der Waals surface area contributed by atoms with Gasteiger partial charge in [0.2, 0.25) is 10.0 Å². The molecule has 10 heteroatoms. The Morgan fingerprint density at radius 1 is 1.20 bits per heavy atom. The first-order chi connectivity index (χ1) is 16.3. The van der Waals surface area contributed by atoms with Gasteiger partial charge in [0.1, 0.15) is 11.9 Å². The van der Waals surface area contributed by atoms with Gasteiger partial charge in [0.25, 0.3) is 0 Å². The first-order valence-electron chi connectivity index (χ1n) is 12.3. The number of rotatable bonds is 6. The number of sulfonamides is 1. The maximum absolute atomic E-state index is 12.1. The lowest BCUT2D eigenvalue weighted by Gasteiger charge is -2.23. The Kier molecular flexibility index (Phi) is 6.78. The minimum absolute atomic E-state index is 0.0458. The summed E-state index contributed by atoms with van der Waals surface area (Å²) in [5.74, 6) is 1.10. The van der Waals surface area contributed by atoms with E-state index in [2.05, 4.69) is 37.5 Å². The van der Waals surface area contributed by atoms with Crippen LogP contribution >= 0.6 is 0 Å². The molecule has 1 amide bonds. The van der Waals surface area contributed by atoms with Crippen molar-refractivity contribution in [2.75, 3.05) is 22.4 Å². The second kappa shape index (κ2) is 9.37. The zero-order valence-electron chi connectivity index (χ0n) is 21.5. The fourth-order valence-electron chi connectivity index (χ4n) is 4.88. The normalized spacial score (nSPS) is 20.3. The van der Waals surface area contributed by atoms with Crippen LogP contribution in [0, 0.1) is 0 Å². The number of nitrogens with one attached hydrogen (secondary N) is 2. The molecule has 9 nitrogen and oxygen atoms in total. The van der Waals surface area contributed by atoms with E-state index in [4.69, 9.17) is 9.84 Å². The SMILES string of the molecule is CC(C)NC(=O)O[C@@H]1CC[C@H](c2cc(Nc3ccc4c(c3)CCN4S(C)(=O)=O)n(C(C)(C)C)n2)C1. The highest BCUT2D eigenvalue weighted by molar-refractivity contribution is 7.92. The second-order valence-electron chi connectivity index (χ2n) is 10.9. The first kappa shape index (κ1) is 25.3. The molecule has 0 saturated heterocycles. The lowest BCUT2D eigenvalue weighted by molar-refractivity contribution is 0.0981.